The molecule has 0 bridgehead atoms. The lowest BCUT2D eigenvalue weighted by molar-refractivity contribution is -0.143. The molecule has 0 saturated carbocycles. The first kappa shape index (κ1) is 60.6. The number of aromatic nitrogens is 1. The summed E-state index contributed by atoms with van der Waals surface area (Å²) in [6.45, 7) is -0.764. The van der Waals surface area contributed by atoms with E-state index in [0.717, 1.165) is 10.9 Å². The number of phenolic OH excluding ortho intramolecular Hbond substituents is 3. The van der Waals surface area contributed by atoms with Crippen LogP contribution in [0.1, 0.15) is 42.0 Å². The maximum atomic E-state index is 14.4. The number of phenols is 3. The first-order valence-corrected chi connectivity index (χ1v) is 24.9. The molecule has 0 fully saturated rings. The number of carboxylic acid groups (broad SMARTS) is 1. The van der Waals surface area contributed by atoms with Crippen molar-refractivity contribution in [1.82, 2.24) is 42.2 Å². The minimum absolute atomic E-state index is 0.0163. The first-order chi connectivity index (χ1) is 37.6. The van der Waals surface area contributed by atoms with Crippen molar-refractivity contribution >= 4 is 64.2 Å². The number of nitrogens with one attached hydrogen (secondary N) is 8. The lowest BCUT2D eigenvalue weighted by Gasteiger charge is -2.27. The van der Waals surface area contributed by atoms with Crippen molar-refractivity contribution in [2.75, 3.05) is 19.8 Å². The molecule has 1 aromatic heterocycles. The van der Waals surface area contributed by atoms with Crippen molar-refractivity contribution < 1.29 is 69.0 Å². The van der Waals surface area contributed by atoms with Crippen LogP contribution in [0, 0.1) is 0 Å². The molecular weight excluding hydrogens is 1030 g/mol. The largest absolute Gasteiger partial charge is 0.508 e. The molecule has 26 nitrogen and oxygen atoms in total. The minimum atomic E-state index is -1.76. The second-order valence-electron chi connectivity index (χ2n) is 18.5. The molecule has 0 saturated heterocycles. The van der Waals surface area contributed by atoms with Crippen LogP contribution in [0.3, 0.4) is 0 Å². The Bertz CT molecular complexity index is 2930. The summed E-state index contributed by atoms with van der Waals surface area (Å²) in [7, 11) is 0. The van der Waals surface area contributed by atoms with Gasteiger partial charge >= 0.3 is 5.97 Å². The van der Waals surface area contributed by atoms with Gasteiger partial charge in [-0.3, -0.25) is 38.6 Å². The number of aromatic amines is 1. The van der Waals surface area contributed by atoms with E-state index in [-0.39, 0.29) is 68.3 Å². The van der Waals surface area contributed by atoms with Crippen molar-refractivity contribution in [3.05, 3.63) is 126 Å². The minimum Gasteiger partial charge on any atom is -0.508 e. The zero-order valence-electron chi connectivity index (χ0n) is 42.9. The normalized spacial score (nSPS) is 14.1. The highest BCUT2D eigenvalue weighted by Crippen LogP contribution is 2.20. The van der Waals surface area contributed by atoms with E-state index >= 15 is 0 Å². The molecule has 422 valence electrons. The number of aliphatic imine (C=N–C) groups is 1. The van der Waals surface area contributed by atoms with Crippen LogP contribution >= 0.6 is 0 Å². The maximum Gasteiger partial charge on any atom is 0.328 e. The number of guanidine groups is 1. The fourth-order valence-corrected chi connectivity index (χ4v) is 8.06. The summed E-state index contributed by atoms with van der Waals surface area (Å²) < 4.78 is 0. The third-order valence-electron chi connectivity index (χ3n) is 12.4. The van der Waals surface area contributed by atoms with Crippen LogP contribution in [-0.2, 0) is 64.0 Å². The van der Waals surface area contributed by atoms with Gasteiger partial charge < -0.3 is 90.0 Å². The standard InChI is InChI=1S/C53H66N12O14/c1-28(59-48(74)42(24-32-25-58-38-6-3-2-5-36(32)38)61-46(72)37(54)21-29-8-14-33(68)15-9-29)45(71)64-43(26-66)51(77)63-40(22-30-10-16-34(69)17-11-30)49(75)60-39(7-4-20-57-53(55)56)47(73)62-41(23-31-12-18-35(70)19-13-31)50(76)65-44(27-67)52(78)79/h2-3,5-6,8-19,25,28,37,39-44,58,66-70H,4,7,20-24,26-27,54H2,1H3,(H,59,74)(H,60,75)(H,61,72)(H,62,73)(H,63,77)(H,64,71)(H,65,76)(H,78,79)(H4,55,56,57)/t28-,37-,39-,40-,41-,42-,43-,44-/m0/s1. The Morgan fingerprint density at radius 1 is 0.519 bits per heavy atom. The molecular formula is C53H66N12O14. The van der Waals surface area contributed by atoms with Gasteiger partial charge in [-0.1, -0.05) is 54.6 Å². The number of aromatic hydroxyl groups is 3. The molecule has 0 spiro atoms. The molecule has 79 heavy (non-hydrogen) atoms. The number of carbonyl (C=O) groups is 8. The highest BCUT2D eigenvalue weighted by molar-refractivity contribution is 5.98. The highest BCUT2D eigenvalue weighted by atomic mass is 16.4. The van der Waals surface area contributed by atoms with Crippen LogP contribution in [0.4, 0.5) is 0 Å². The van der Waals surface area contributed by atoms with Crippen LogP contribution in [0.25, 0.3) is 10.9 Å². The number of aliphatic carboxylic acids is 1. The summed E-state index contributed by atoms with van der Waals surface area (Å²) in [5.41, 5.74) is 20.1. The number of aliphatic hydroxyl groups excluding tert-OH is 2. The Morgan fingerprint density at radius 3 is 1.44 bits per heavy atom. The smallest absolute Gasteiger partial charge is 0.328 e. The van der Waals surface area contributed by atoms with E-state index in [9.17, 15) is 69.0 Å². The number of benzene rings is 4. The number of para-hydroxylation sites is 1. The number of aliphatic hydroxyl groups is 2. The van der Waals surface area contributed by atoms with E-state index in [1.165, 1.54) is 67.6 Å². The van der Waals surface area contributed by atoms with Crippen molar-refractivity contribution in [3.63, 3.8) is 0 Å². The van der Waals surface area contributed by atoms with Crippen molar-refractivity contribution in [1.29, 1.82) is 0 Å². The molecule has 8 atom stereocenters. The first-order valence-electron chi connectivity index (χ1n) is 24.9. The number of hydrogen-bond acceptors (Lipinski definition) is 15. The Hall–Kier alpha value is -9.27. The molecule has 7 amide bonds. The molecule has 0 aliphatic heterocycles. The second kappa shape index (κ2) is 29.3. The monoisotopic (exact) mass is 1090 g/mol. The van der Waals surface area contributed by atoms with Gasteiger partial charge in [-0.25, -0.2) is 4.79 Å². The average Bonchev–Trinajstić information content (AvgIpc) is 3.84. The average molecular weight is 1100 g/mol. The van der Waals surface area contributed by atoms with E-state index in [1.54, 1.807) is 24.4 Å². The number of carboxylic acids is 1. The Labute approximate surface area is 452 Å². The van der Waals surface area contributed by atoms with Gasteiger partial charge in [0.1, 0.15) is 59.5 Å². The number of fused-ring (bicyclic) bond motifs is 1. The molecule has 5 aromatic rings. The van der Waals surface area contributed by atoms with E-state index in [2.05, 4.69) is 47.2 Å². The fourth-order valence-electron chi connectivity index (χ4n) is 8.06. The number of carbonyl (C=O) groups excluding carboxylic acids is 7. The van der Waals surface area contributed by atoms with E-state index in [4.69, 9.17) is 17.2 Å². The molecule has 1 heterocycles. The molecule has 0 unspecified atom stereocenters. The van der Waals surface area contributed by atoms with Crippen molar-refractivity contribution in [3.8, 4) is 17.2 Å². The Balaban J connectivity index is 1.34. The SMILES string of the molecule is C[C@H](NC(=O)[C@H](Cc1c[nH]c2ccccc12)NC(=O)[C@@H](N)Cc1ccc(O)cc1)C(=O)N[C@@H](CO)C(=O)N[C@@H](Cc1ccc(O)cc1)C(=O)N[C@@H](CCCN=C(N)N)C(=O)N[C@@H](Cc1ccc(O)cc1)C(=O)N[C@@H](CO)C(=O)O. The third kappa shape index (κ3) is 18.8. The second-order valence-corrected chi connectivity index (χ2v) is 18.5. The molecule has 0 radical (unpaired) electrons. The van der Waals surface area contributed by atoms with Crippen LogP contribution in [0.5, 0.6) is 17.2 Å². The predicted octanol–water partition coefficient (Wildman–Crippen LogP) is -2.58. The van der Waals surface area contributed by atoms with Gasteiger partial charge in [-0.2, -0.15) is 0 Å². The van der Waals surface area contributed by atoms with Crippen LogP contribution in [0.15, 0.2) is 108 Å². The van der Waals surface area contributed by atoms with Crippen LogP contribution < -0.4 is 54.4 Å². The summed E-state index contributed by atoms with van der Waals surface area (Å²) in [5, 5.41) is 77.1. The molecule has 0 aliphatic carbocycles. The predicted molar refractivity (Wildman–Crippen MR) is 286 cm³/mol. The van der Waals surface area contributed by atoms with Gasteiger partial charge in [0, 0.05) is 42.9 Å². The number of rotatable bonds is 29. The summed E-state index contributed by atoms with van der Waals surface area (Å²) in [4.78, 5) is 116. The number of hydrogen-bond donors (Lipinski definition) is 17. The fraction of sp³-hybridized carbons (Fsp3) is 0.340. The lowest BCUT2D eigenvalue weighted by atomic mass is 10.0. The topological polar surface area (TPSA) is 448 Å². The molecule has 20 N–H and O–H groups in total. The zero-order valence-corrected chi connectivity index (χ0v) is 42.9. The third-order valence-corrected chi connectivity index (χ3v) is 12.4. The van der Waals surface area contributed by atoms with E-state index < -0.39 is 109 Å². The van der Waals surface area contributed by atoms with Crippen LogP contribution in [-0.4, -0.2) is 157 Å². The molecule has 0 aliphatic rings. The zero-order chi connectivity index (χ0) is 57.8. The summed E-state index contributed by atoms with van der Waals surface area (Å²) >= 11 is 0. The number of H-pyrrole nitrogens is 1. The number of amides is 7. The van der Waals surface area contributed by atoms with Gasteiger partial charge in [-0.15, -0.1) is 0 Å². The molecule has 4 aromatic carbocycles. The molecule has 5 rings (SSSR count). The van der Waals surface area contributed by atoms with Gasteiger partial charge in [-0.05, 0) is 90.9 Å². The van der Waals surface area contributed by atoms with Crippen molar-refractivity contribution in [2.45, 2.75) is 93.8 Å². The van der Waals surface area contributed by atoms with Gasteiger partial charge in [0.25, 0.3) is 0 Å². The van der Waals surface area contributed by atoms with Gasteiger partial charge in [0.15, 0.2) is 5.96 Å². The Morgan fingerprint density at radius 2 is 0.937 bits per heavy atom. The van der Waals surface area contributed by atoms with Crippen molar-refractivity contribution in [2.24, 2.45) is 22.2 Å². The van der Waals surface area contributed by atoms with Gasteiger partial charge in [0.05, 0.1) is 19.3 Å². The summed E-state index contributed by atoms with van der Waals surface area (Å²) in [6, 6.07) is 12.4. The Kier molecular flexibility index (Phi) is 22.5. The summed E-state index contributed by atoms with van der Waals surface area (Å²) in [5.74, 6) is -8.65. The quantitative estimate of drug-likeness (QED) is 0.0133. The van der Waals surface area contributed by atoms with E-state index in [0.29, 0.717) is 22.3 Å². The lowest BCUT2D eigenvalue weighted by Crippen LogP contribution is -2.61. The highest BCUT2D eigenvalue weighted by Gasteiger charge is 2.34. The number of nitrogens with two attached hydrogens (primary N) is 3. The number of nitrogens with zero attached hydrogens (tertiary/aromatic N) is 1. The maximum absolute atomic E-state index is 14.4. The van der Waals surface area contributed by atoms with E-state index in [1.807, 2.05) is 18.2 Å². The molecule has 26 heteroatoms. The summed E-state index contributed by atoms with van der Waals surface area (Å²) in [6.07, 6.45) is 0.980. The van der Waals surface area contributed by atoms with Crippen LogP contribution in [0.2, 0.25) is 0 Å². The van der Waals surface area contributed by atoms with Gasteiger partial charge in [0.2, 0.25) is 41.4 Å².